The summed E-state index contributed by atoms with van der Waals surface area (Å²) in [7, 11) is 1.80. The molecule has 194 valence electrons. The summed E-state index contributed by atoms with van der Waals surface area (Å²) in [5.74, 6) is 6.30. The standard InChI is InChI=1S/C26H23N11O2/c1-15(29-25(38)20-21(27)34-36-13-6-12-28-24(20)36)23-30-22-19(26(39)37(23)17-7-4-3-5-8-17)18(31-32-22)10-9-16-11-14-35(2)33-16/h3-8,11,13-15,28H,12H2,1-2H3,(H2,27,34)(H,29,38)(H,31,32). The van der Waals surface area contributed by atoms with Crippen molar-refractivity contribution >= 4 is 34.8 Å². The maximum absolute atomic E-state index is 13.9. The van der Waals surface area contributed by atoms with Gasteiger partial charge in [0.05, 0.1) is 11.7 Å². The van der Waals surface area contributed by atoms with Gasteiger partial charge in [-0.1, -0.05) is 18.2 Å². The molecular formula is C26H23N11O2. The van der Waals surface area contributed by atoms with Gasteiger partial charge in [0.25, 0.3) is 11.5 Å². The number of anilines is 2. The SMILES string of the molecule is CC(NC(=O)c1c(N)nn2c1NCC=C2)c1nc2n[nH]c(C#Cc3ccn(C)n3)c2c(=O)n1-c1ccccc1. The molecule has 1 atom stereocenters. The van der Waals surface area contributed by atoms with Crippen molar-refractivity contribution in [2.45, 2.75) is 13.0 Å². The third kappa shape index (κ3) is 4.19. The molecule has 5 heterocycles. The lowest BCUT2D eigenvalue weighted by molar-refractivity contribution is 0.0939. The van der Waals surface area contributed by atoms with E-state index < -0.39 is 11.9 Å². The van der Waals surface area contributed by atoms with Gasteiger partial charge in [-0.3, -0.25) is 23.9 Å². The Hall–Kier alpha value is -5.64. The fraction of sp³-hybridized carbons (Fsp3) is 0.154. The Kier molecular flexibility index (Phi) is 5.69. The third-order valence-electron chi connectivity index (χ3n) is 6.19. The van der Waals surface area contributed by atoms with E-state index in [1.54, 1.807) is 49.2 Å². The molecule has 1 unspecified atom stereocenters. The summed E-state index contributed by atoms with van der Waals surface area (Å²) in [5, 5.41) is 21.7. The summed E-state index contributed by atoms with van der Waals surface area (Å²) in [6.07, 6.45) is 5.37. The lowest BCUT2D eigenvalue weighted by atomic mass is 10.2. The first kappa shape index (κ1) is 23.7. The Balaban J connectivity index is 1.43. The Morgan fingerprint density at radius 1 is 1.18 bits per heavy atom. The minimum Gasteiger partial charge on any atom is -0.381 e. The minimum absolute atomic E-state index is 0.0843. The molecule has 1 aliphatic rings. The van der Waals surface area contributed by atoms with Crippen LogP contribution in [-0.2, 0) is 7.05 Å². The van der Waals surface area contributed by atoms with Gasteiger partial charge in [0, 0.05) is 26.0 Å². The summed E-state index contributed by atoms with van der Waals surface area (Å²) < 4.78 is 4.60. The highest BCUT2D eigenvalue weighted by atomic mass is 16.2. The van der Waals surface area contributed by atoms with Gasteiger partial charge in [-0.15, -0.1) is 5.10 Å². The smallest absolute Gasteiger partial charge is 0.270 e. The van der Waals surface area contributed by atoms with Crippen molar-refractivity contribution in [3.63, 3.8) is 0 Å². The topological polar surface area (TPSA) is 166 Å². The molecule has 1 amide bonds. The zero-order chi connectivity index (χ0) is 27.1. The Labute approximate surface area is 221 Å². The van der Waals surface area contributed by atoms with Crippen molar-refractivity contribution in [1.82, 2.24) is 44.6 Å². The average Bonchev–Trinajstić information content (AvgIpc) is 3.63. The van der Waals surface area contributed by atoms with Crippen LogP contribution in [0, 0.1) is 11.8 Å². The van der Waals surface area contributed by atoms with Crippen LogP contribution in [0.2, 0.25) is 0 Å². The van der Waals surface area contributed by atoms with Crippen LogP contribution in [0.3, 0.4) is 0 Å². The van der Waals surface area contributed by atoms with Crippen molar-refractivity contribution in [2.75, 3.05) is 17.6 Å². The molecule has 5 N–H and O–H groups in total. The second-order valence-electron chi connectivity index (χ2n) is 8.88. The number of rotatable bonds is 4. The predicted octanol–water partition coefficient (Wildman–Crippen LogP) is 1.41. The molecule has 0 saturated heterocycles. The number of para-hydroxylation sites is 1. The Morgan fingerprint density at radius 2 is 2.00 bits per heavy atom. The van der Waals surface area contributed by atoms with Crippen LogP contribution >= 0.6 is 0 Å². The highest BCUT2D eigenvalue weighted by Gasteiger charge is 2.27. The number of amides is 1. The van der Waals surface area contributed by atoms with E-state index in [2.05, 4.69) is 47.9 Å². The molecule has 1 aliphatic heterocycles. The largest absolute Gasteiger partial charge is 0.381 e. The molecule has 4 aromatic heterocycles. The average molecular weight is 522 g/mol. The molecule has 39 heavy (non-hydrogen) atoms. The summed E-state index contributed by atoms with van der Waals surface area (Å²) in [4.78, 5) is 31.9. The molecule has 0 fully saturated rings. The predicted molar refractivity (Wildman–Crippen MR) is 145 cm³/mol. The number of nitrogens with zero attached hydrogens (tertiary/aromatic N) is 7. The van der Waals surface area contributed by atoms with Crippen molar-refractivity contribution in [2.24, 2.45) is 7.05 Å². The van der Waals surface area contributed by atoms with Gasteiger partial charge in [0.15, 0.2) is 11.5 Å². The summed E-state index contributed by atoms with van der Waals surface area (Å²) in [6.45, 7) is 2.27. The first-order chi connectivity index (χ1) is 18.9. The van der Waals surface area contributed by atoms with Gasteiger partial charge >= 0.3 is 0 Å². The molecule has 0 aliphatic carbocycles. The highest BCUT2D eigenvalue weighted by Crippen LogP contribution is 2.26. The van der Waals surface area contributed by atoms with Crippen LogP contribution in [0.4, 0.5) is 11.6 Å². The lowest BCUT2D eigenvalue weighted by Crippen LogP contribution is -2.33. The molecule has 0 radical (unpaired) electrons. The van der Waals surface area contributed by atoms with E-state index in [9.17, 15) is 9.59 Å². The fourth-order valence-electron chi connectivity index (χ4n) is 4.40. The number of benzene rings is 1. The monoisotopic (exact) mass is 521 g/mol. The first-order valence-corrected chi connectivity index (χ1v) is 12.1. The highest BCUT2D eigenvalue weighted by molar-refractivity contribution is 6.04. The number of fused-ring (bicyclic) bond motifs is 2. The van der Waals surface area contributed by atoms with Gasteiger partial charge < -0.3 is 16.4 Å². The van der Waals surface area contributed by atoms with Crippen LogP contribution in [0.5, 0.6) is 0 Å². The van der Waals surface area contributed by atoms with E-state index in [0.29, 0.717) is 29.4 Å². The number of nitrogens with one attached hydrogen (secondary N) is 3. The van der Waals surface area contributed by atoms with E-state index in [0.717, 1.165) is 0 Å². The number of carbonyl (C=O) groups excluding carboxylic acids is 1. The quantitative estimate of drug-likeness (QED) is 0.258. The first-order valence-electron chi connectivity index (χ1n) is 12.1. The maximum Gasteiger partial charge on any atom is 0.270 e. The number of aryl methyl sites for hydroxylation is 1. The van der Waals surface area contributed by atoms with Gasteiger partial charge in [0.2, 0.25) is 0 Å². The molecule has 6 rings (SSSR count). The molecular weight excluding hydrogens is 498 g/mol. The van der Waals surface area contributed by atoms with Crippen molar-refractivity contribution < 1.29 is 4.79 Å². The Bertz CT molecular complexity index is 1880. The number of aromatic amines is 1. The number of H-pyrrole nitrogens is 1. The summed E-state index contributed by atoms with van der Waals surface area (Å²) in [6, 6.07) is 10.1. The summed E-state index contributed by atoms with van der Waals surface area (Å²) in [5.41, 5.74) is 7.53. The number of aromatic nitrogens is 8. The second kappa shape index (κ2) is 9.34. The third-order valence-corrected chi connectivity index (χ3v) is 6.19. The van der Waals surface area contributed by atoms with Crippen LogP contribution in [-0.4, -0.2) is 51.8 Å². The van der Waals surface area contributed by atoms with Crippen molar-refractivity contribution in [3.8, 4) is 17.5 Å². The fourth-order valence-corrected chi connectivity index (χ4v) is 4.40. The Morgan fingerprint density at radius 3 is 2.77 bits per heavy atom. The molecule has 0 spiro atoms. The number of nitrogens with two attached hydrogens (primary N) is 1. The van der Waals surface area contributed by atoms with Crippen molar-refractivity contribution in [1.29, 1.82) is 0 Å². The molecule has 0 saturated carbocycles. The summed E-state index contributed by atoms with van der Waals surface area (Å²) >= 11 is 0. The second-order valence-corrected chi connectivity index (χ2v) is 8.88. The van der Waals surface area contributed by atoms with Gasteiger partial charge in [0.1, 0.15) is 34.0 Å². The van der Waals surface area contributed by atoms with E-state index in [1.165, 1.54) is 9.25 Å². The van der Waals surface area contributed by atoms with Gasteiger partial charge in [-0.25, -0.2) is 9.67 Å². The number of nitrogen functional groups attached to an aromatic ring is 1. The van der Waals surface area contributed by atoms with Crippen LogP contribution < -0.4 is 21.9 Å². The molecule has 13 nitrogen and oxygen atoms in total. The number of hydrogen-bond donors (Lipinski definition) is 4. The maximum atomic E-state index is 13.9. The molecule has 1 aromatic carbocycles. The zero-order valence-electron chi connectivity index (χ0n) is 21.0. The minimum atomic E-state index is -0.705. The number of carbonyl (C=O) groups is 1. The van der Waals surface area contributed by atoms with E-state index in [-0.39, 0.29) is 33.8 Å². The molecule has 0 bridgehead atoms. The van der Waals surface area contributed by atoms with Gasteiger partial charge in [-0.05, 0) is 43.0 Å². The zero-order valence-corrected chi connectivity index (χ0v) is 21.0. The van der Waals surface area contributed by atoms with E-state index in [1.807, 2.05) is 24.3 Å². The number of hydrogen-bond acceptors (Lipinski definition) is 8. The van der Waals surface area contributed by atoms with Crippen molar-refractivity contribution in [3.05, 3.63) is 81.8 Å². The van der Waals surface area contributed by atoms with E-state index in [4.69, 9.17) is 5.73 Å². The lowest BCUT2D eigenvalue weighted by Gasteiger charge is -2.19. The molecule has 13 heteroatoms. The normalized spacial score (nSPS) is 12.9. The van der Waals surface area contributed by atoms with Crippen LogP contribution in [0.1, 0.15) is 40.5 Å². The van der Waals surface area contributed by atoms with Gasteiger partial charge in [-0.2, -0.15) is 10.2 Å². The van der Waals surface area contributed by atoms with Crippen LogP contribution in [0.25, 0.3) is 22.9 Å². The van der Waals surface area contributed by atoms with Crippen LogP contribution in [0.15, 0.2) is 53.5 Å². The molecule has 5 aromatic rings. The van der Waals surface area contributed by atoms with E-state index >= 15 is 0 Å².